The van der Waals surface area contributed by atoms with E-state index >= 15 is 0 Å². The number of ether oxygens (including phenoxy) is 1. The van der Waals surface area contributed by atoms with Crippen molar-refractivity contribution < 1.29 is 4.74 Å². The molecule has 0 aliphatic rings. The minimum Gasteiger partial charge on any atom is -0.476 e. The number of nitrogens with zero attached hydrogens (tertiary/aromatic N) is 2. The second kappa shape index (κ2) is 4.94. The molecule has 1 aromatic rings. The summed E-state index contributed by atoms with van der Waals surface area (Å²) in [5.74, 6) is 1.18. The third kappa shape index (κ3) is 2.98. The maximum atomic E-state index is 5.52. The van der Waals surface area contributed by atoms with E-state index in [0.717, 1.165) is 17.8 Å². The predicted molar refractivity (Wildman–Crippen MR) is 56.5 cm³/mol. The van der Waals surface area contributed by atoms with E-state index in [0.29, 0.717) is 18.4 Å². The maximum Gasteiger partial charge on any atom is 0.235 e. The van der Waals surface area contributed by atoms with Crippen LogP contribution in [-0.4, -0.2) is 16.6 Å². The van der Waals surface area contributed by atoms with Crippen LogP contribution in [0.5, 0.6) is 5.88 Å². The Kier molecular flexibility index (Phi) is 3.86. The molecule has 0 bridgehead atoms. The number of rotatable bonds is 4. The fourth-order valence-electron chi connectivity index (χ4n) is 1.08. The Balaban J connectivity index is 2.69. The van der Waals surface area contributed by atoms with Crippen LogP contribution in [0.1, 0.15) is 32.2 Å². The Morgan fingerprint density at radius 2 is 2.14 bits per heavy atom. The van der Waals surface area contributed by atoms with Gasteiger partial charge in [0.15, 0.2) is 0 Å². The molecule has 0 aliphatic carbocycles. The van der Waals surface area contributed by atoms with E-state index in [4.69, 9.17) is 4.74 Å². The molecule has 0 spiro atoms. The Morgan fingerprint density at radius 1 is 1.43 bits per heavy atom. The van der Waals surface area contributed by atoms with E-state index in [1.54, 1.807) is 6.20 Å². The molecule has 3 nitrogen and oxygen atoms in total. The van der Waals surface area contributed by atoms with Crippen LogP contribution in [0.25, 0.3) is 0 Å². The maximum absolute atomic E-state index is 5.52. The lowest BCUT2D eigenvalue weighted by atomic mass is 10.2. The Bertz CT molecular complexity index is 297. The smallest absolute Gasteiger partial charge is 0.235 e. The van der Waals surface area contributed by atoms with Gasteiger partial charge in [0.2, 0.25) is 5.88 Å². The Morgan fingerprint density at radius 3 is 2.64 bits per heavy atom. The van der Waals surface area contributed by atoms with Gasteiger partial charge in [0.25, 0.3) is 0 Å². The van der Waals surface area contributed by atoms with Gasteiger partial charge in [-0.3, -0.25) is 4.98 Å². The molecule has 0 unspecified atom stereocenters. The first-order valence-electron chi connectivity index (χ1n) is 5.08. The van der Waals surface area contributed by atoms with Gasteiger partial charge < -0.3 is 4.74 Å². The summed E-state index contributed by atoms with van der Waals surface area (Å²) in [6.45, 7) is 8.92. The van der Waals surface area contributed by atoms with Crippen LogP contribution >= 0.6 is 0 Å². The lowest BCUT2D eigenvalue weighted by Gasteiger charge is -2.09. The molecule has 0 N–H and O–H groups in total. The third-order valence-corrected chi connectivity index (χ3v) is 1.87. The third-order valence-electron chi connectivity index (χ3n) is 1.87. The minimum absolute atomic E-state index is 0.516. The zero-order chi connectivity index (χ0) is 10.6. The summed E-state index contributed by atoms with van der Waals surface area (Å²) < 4.78 is 5.52. The zero-order valence-electron chi connectivity index (χ0n) is 9.37. The fourth-order valence-corrected chi connectivity index (χ4v) is 1.08. The average Bonchev–Trinajstić information content (AvgIpc) is 2.15. The second-order valence-corrected chi connectivity index (χ2v) is 3.81. The molecule has 14 heavy (non-hydrogen) atoms. The summed E-state index contributed by atoms with van der Waals surface area (Å²) in [4.78, 5) is 8.62. The van der Waals surface area contributed by atoms with Crippen molar-refractivity contribution in [1.82, 2.24) is 9.97 Å². The first kappa shape index (κ1) is 11.0. The van der Waals surface area contributed by atoms with Crippen molar-refractivity contribution >= 4 is 0 Å². The molecular weight excluding hydrogens is 176 g/mol. The SMILES string of the molecule is CCc1cnc(OCC(C)C)c(C)n1. The highest BCUT2D eigenvalue weighted by molar-refractivity contribution is 5.18. The second-order valence-electron chi connectivity index (χ2n) is 3.81. The molecule has 0 fully saturated rings. The highest BCUT2D eigenvalue weighted by Crippen LogP contribution is 2.12. The molecule has 3 heteroatoms. The topological polar surface area (TPSA) is 35.0 Å². The summed E-state index contributed by atoms with van der Waals surface area (Å²) in [5.41, 5.74) is 1.89. The molecule has 0 aliphatic heterocycles. The Hall–Kier alpha value is -1.12. The summed E-state index contributed by atoms with van der Waals surface area (Å²) >= 11 is 0. The quantitative estimate of drug-likeness (QED) is 0.738. The van der Waals surface area contributed by atoms with Gasteiger partial charge in [-0.1, -0.05) is 20.8 Å². The van der Waals surface area contributed by atoms with Crippen LogP contribution in [-0.2, 0) is 6.42 Å². The largest absolute Gasteiger partial charge is 0.476 e. The number of hydrogen-bond acceptors (Lipinski definition) is 3. The molecular formula is C11H18N2O. The van der Waals surface area contributed by atoms with Crippen molar-refractivity contribution in [2.45, 2.75) is 34.1 Å². The lowest BCUT2D eigenvalue weighted by molar-refractivity contribution is 0.258. The number of aryl methyl sites for hydroxylation is 2. The van der Waals surface area contributed by atoms with Gasteiger partial charge in [0.1, 0.15) is 0 Å². The number of aromatic nitrogens is 2. The predicted octanol–water partition coefficient (Wildman–Crippen LogP) is 2.38. The molecule has 0 amide bonds. The van der Waals surface area contributed by atoms with Gasteiger partial charge >= 0.3 is 0 Å². The highest BCUT2D eigenvalue weighted by Gasteiger charge is 2.04. The van der Waals surface area contributed by atoms with Crippen molar-refractivity contribution in [1.29, 1.82) is 0 Å². The first-order chi connectivity index (χ1) is 6.63. The summed E-state index contributed by atoms with van der Waals surface area (Å²) in [6.07, 6.45) is 2.70. The lowest BCUT2D eigenvalue weighted by Crippen LogP contribution is -2.08. The van der Waals surface area contributed by atoms with Crippen molar-refractivity contribution in [3.8, 4) is 5.88 Å². The fraction of sp³-hybridized carbons (Fsp3) is 0.636. The van der Waals surface area contributed by atoms with Crippen molar-refractivity contribution in [2.75, 3.05) is 6.61 Å². The standard InChI is InChI=1S/C11H18N2O/c1-5-10-6-12-11(9(4)13-10)14-7-8(2)3/h6,8H,5,7H2,1-4H3. The molecule has 1 rings (SSSR count). The van der Waals surface area contributed by atoms with Gasteiger partial charge in [0.05, 0.1) is 24.2 Å². The van der Waals surface area contributed by atoms with E-state index in [9.17, 15) is 0 Å². The minimum atomic E-state index is 0.516. The van der Waals surface area contributed by atoms with Crippen molar-refractivity contribution in [3.63, 3.8) is 0 Å². The normalized spacial score (nSPS) is 10.6. The van der Waals surface area contributed by atoms with Crippen LogP contribution in [0.2, 0.25) is 0 Å². The van der Waals surface area contributed by atoms with Gasteiger partial charge in [-0.25, -0.2) is 4.98 Å². The molecule has 1 heterocycles. The highest BCUT2D eigenvalue weighted by atomic mass is 16.5. The van der Waals surface area contributed by atoms with Crippen molar-refractivity contribution in [3.05, 3.63) is 17.6 Å². The molecule has 1 aromatic heterocycles. The Labute approximate surface area is 85.5 Å². The molecule has 78 valence electrons. The average molecular weight is 194 g/mol. The van der Waals surface area contributed by atoms with Crippen LogP contribution < -0.4 is 4.74 Å². The van der Waals surface area contributed by atoms with E-state index in [2.05, 4.69) is 30.7 Å². The van der Waals surface area contributed by atoms with E-state index in [1.165, 1.54) is 0 Å². The monoisotopic (exact) mass is 194 g/mol. The van der Waals surface area contributed by atoms with E-state index in [-0.39, 0.29) is 0 Å². The summed E-state index contributed by atoms with van der Waals surface area (Å²) in [5, 5.41) is 0. The molecule has 0 atom stereocenters. The number of hydrogen-bond donors (Lipinski definition) is 0. The van der Waals surface area contributed by atoms with Gasteiger partial charge in [-0.15, -0.1) is 0 Å². The molecule has 0 radical (unpaired) electrons. The summed E-state index contributed by atoms with van der Waals surface area (Å²) in [6, 6.07) is 0. The van der Waals surface area contributed by atoms with Gasteiger partial charge in [0, 0.05) is 0 Å². The molecule has 0 saturated carbocycles. The first-order valence-corrected chi connectivity index (χ1v) is 5.08. The van der Waals surface area contributed by atoms with Gasteiger partial charge in [-0.2, -0.15) is 0 Å². The van der Waals surface area contributed by atoms with Crippen LogP contribution in [0.3, 0.4) is 0 Å². The van der Waals surface area contributed by atoms with Crippen molar-refractivity contribution in [2.24, 2.45) is 5.92 Å². The van der Waals surface area contributed by atoms with Crippen LogP contribution in [0.15, 0.2) is 6.20 Å². The van der Waals surface area contributed by atoms with E-state index < -0.39 is 0 Å². The zero-order valence-corrected chi connectivity index (χ0v) is 9.37. The van der Waals surface area contributed by atoms with Crippen LogP contribution in [0.4, 0.5) is 0 Å². The molecule has 0 aromatic carbocycles. The molecule has 0 saturated heterocycles. The van der Waals surface area contributed by atoms with E-state index in [1.807, 2.05) is 6.92 Å². The van der Waals surface area contributed by atoms with Gasteiger partial charge in [-0.05, 0) is 19.3 Å². The summed E-state index contributed by atoms with van der Waals surface area (Å²) in [7, 11) is 0. The van der Waals surface area contributed by atoms with Crippen LogP contribution in [0, 0.1) is 12.8 Å².